The van der Waals surface area contributed by atoms with Crippen LogP contribution in [0.1, 0.15) is 59.1 Å². The second-order valence-electron chi connectivity index (χ2n) is 12.0. The highest BCUT2D eigenvalue weighted by molar-refractivity contribution is 7.48. The number of hydrogen-bond acceptors (Lipinski definition) is 14. The van der Waals surface area contributed by atoms with Crippen molar-refractivity contribution in [1.82, 2.24) is 19.5 Å². The van der Waals surface area contributed by atoms with Crippen LogP contribution >= 0.6 is 15.6 Å². The molecule has 19 heteroatoms. The summed E-state index contributed by atoms with van der Waals surface area (Å²) in [6, 6.07) is 0. The molecule has 0 aromatic carbocycles. The van der Waals surface area contributed by atoms with E-state index >= 15 is 0 Å². The number of fused-ring (bicyclic) bond motifs is 2. The maximum Gasteiger partial charge on any atom is 0.475 e. The van der Waals surface area contributed by atoms with Gasteiger partial charge >= 0.3 is 15.6 Å². The summed E-state index contributed by atoms with van der Waals surface area (Å²) in [5, 5.41) is 0. The second kappa shape index (κ2) is 12.4. The van der Waals surface area contributed by atoms with Crippen molar-refractivity contribution >= 4 is 32.8 Å². The van der Waals surface area contributed by atoms with Gasteiger partial charge in [-0.1, -0.05) is 13.8 Å². The summed E-state index contributed by atoms with van der Waals surface area (Å²) in [5.41, 5.74) is 6.38. The summed E-state index contributed by atoms with van der Waals surface area (Å²) in [6.07, 6.45) is -1.62. The van der Waals surface area contributed by atoms with E-state index in [0.717, 1.165) is 0 Å². The van der Waals surface area contributed by atoms with E-state index in [-0.39, 0.29) is 31.6 Å². The maximum absolute atomic E-state index is 14.0. The average molecular weight is 666 g/mol. The molecule has 1 aliphatic carbocycles. The van der Waals surface area contributed by atoms with Gasteiger partial charge in [-0.05, 0) is 39.0 Å². The van der Waals surface area contributed by atoms with Crippen LogP contribution in [0.2, 0.25) is 0 Å². The van der Waals surface area contributed by atoms with Crippen molar-refractivity contribution in [3.8, 4) is 5.88 Å². The number of rotatable bonds is 10. The molecule has 246 valence electrons. The Morgan fingerprint density at radius 3 is 2.73 bits per heavy atom. The Morgan fingerprint density at radius 2 is 1.98 bits per heavy atom. The number of ether oxygens (including phenoxy) is 3. The molecule has 7 unspecified atom stereocenters. The molecule has 3 saturated heterocycles. The Morgan fingerprint density at radius 1 is 1.23 bits per heavy atom. The number of anilines is 1. The summed E-state index contributed by atoms with van der Waals surface area (Å²) >= 11 is 0. The van der Waals surface area contributed by atoms with Crippen molar-refractivity contribution in [2.75, 3.05) is 32.2 Å². The molecule has 16 nitrogen and oxygen atoms in total. The quantitative estimate of drug-likeness (QED) is 0.347. The van der Waals surface area contributed by atoms with Crippen LogP contribution in [-0.2, 0) is 41.2 Å². The van der Waals surface area contributed by atoms with E-state index in [1.165, 1.54) is 0 Å². The largest absolute Gasteiger partial charge is 0.476 e. The third-order valence-corrected chi connectivity index (χ3v) is 10.7. The highest BCUT2D eigenvalue weighted by Gasteiger charge is 2.50. The molecular formula is C25H38FN5O11P2. The Bertz CT molecular complexity index is 1440. The maximum atomic E-state index is 14.0. The highest BCUT2D eigenvalue weighted by atomic mass is 31.2. The van der Waals surface area contributed by atoms with Crippen molar-refractivity contribution < 1.29 is 55.2 Å². The predicted molar refractivity (Wildman–Crippen MR) is 150 cm³/mol. The van der Waals surface area contributed by atoms with Crippen molar-refractivity contribution in [2.24, 2.45) is 5.41 Å². The topological polar surface area (TPSA) is 198 Å². The minimum absolute atomic E-state index is 0.0365. The number of aromatic nitrogens is 4. The molecule has 5 heterocycles. The molecule has 0 spiro atoms. The standard InChI is InChI=1S/C25H38FN5O11P2/c1-4-35-22-19-21(29-24(27)30-22)31(13-28-19)23-25(2,3)9-16(39-23)10-37-43(32,33)40-14-5-7-15(8-6-14)41-44(34)38-12-18-20(42-44)17(26)11-36-18/h13-18,20,23H,4-12H2,1-3H3,(H,32,33)(H2,27,29,30). The number of alkyl halides is 1. The highest BCUT2D eigenvalue weighted by Crippen LogP contribution is 2.58. The number of nitrogen functional groups attached to an aromatic ring is 1. The van der Waals surface area contributed by atoms with Gasteiger partial charge in [0, 0.05) is 5.41 Å². The van der Waals surface area contributed by atoms with Gasteiger partial charge in [0.1, 0.15) is 18.4 Å². The second-order valence-corrected chi connectivity index (χ2v) is 15.0. The van der Waals surface area contributed by atoms with Gasteiger partial charge in [0.05, 0.1) is 51.1 Å². The lowest BCUT2D eigenvalue weighted by Crippen LogP contribution is -2.38. The van der Waals surface area contributed by atoms with Gasteiger partial charge in [0.25, 0.3) is 0 Å². The summed E-state index contributed by atoms with van der Waals surface area (Å²) in [6.45, 7) is 5.81. The zero-order chi connectivity index (χ0) is 31.3. The molecule has 3 N–H and O–H groups in total. The van der Waals surface area contributed by atoms with Gasteiger partial charge in [0.2, 0.25) is 11.8 Å². The predicted octanol–water partition coefficient (Wildman–Crippen LogP) is 3.84. The molecule has 0 amide bonds. The summed E-state index contributed by atoms with van der Waals surface area (Å²) in [5.74, 6) is 0.315. The van der Waals surface area contributed by atoms with E-state index in [1.807, 2.05) is 20.8 Å². The monoisotopic (exact) mass is 665 g/mol. The fraction of sp³-hybridized carbons (Fsp3) is 0.800. The smallest absolute Gasteiger partial charge is 0.475 e. The van der Waals surface area contributed by atoms with Crippen LogP contribution in [0.3, 0.4) is 0 Å². The van der Waals surface area contributed by atoms with Gasteiger partial charge < -0.3 is 24.8 Å². The zero-order valence-electron chi connectivity index (χ0n) is 24.7. The van der Waals surface area contributed by atoms with Crippen LogP contribution < -0.4 is 10.5 Å². The van der Waals surface area contributed by atoms with E-state index in [2.05, 4.69) is 15.0 Å². The minimum atomic E-state index is -4.44. The number of imidazole rings is 1. The van der Waals surface area contributed by atoms with Crippen molar-refractivity contribution in [2.45, 2.75) is 95.8 Å². The van der Waals surface area contributed by atoms with Gasteiger partial charge in [-0.25, -0.2) is 18.5 Å². The van der Waals surface area contributed by atoms with E-state index < -0.39 is 64.0 Å². The number of halogens is 1. The van der Waals surface area contributed by atoms with Crippen LogP contribution in [-0.4, -0.2) is 87.5 Å². The molecule has 2 aromatic heterocycles. The minimum Gasteiger partial charge on any atom is -0.476 e. The molecule has 7 atom stereocenters. The number of phosphoric ester groups is 2. The Kier molecular flexibility index (Phi) is 9.09. The first-order chi connectivity index (χ1) is 20.8. The summed E-state index contributed by atoms with van der Waals surface area (Å²) in [4.78, 5) is 23.3. The van der Waals surface area contributed by atoms with Crippen LogP contribution in [0.4, 0.5) is 10.3 Å². The Hall–Kier alpha value is -1.78. The molecule has 0 radical (unpaired) electrons. The number of phosphoric acid groups is 2. The van der Waals surface area contributed by atoms with E-state index in [4.69, 9.17) is 42.6 Å². The fourth-order valence-electron chi connectivity index (χ4n) is 6.09. The number of hydrogen-bond donors (Lipinski definition) is 2. The summed E-state index contributed by atoms with van der Waals surface area (Å²) < 4.78 is 85.5. The first kappa shape index (κ1) is 32.2. The molecule has 44 heavy (non-hydrogen) atoms. The lowest BCUT2D eigenvalue weighted by molar-refractivity contribution is -0.0628. The molecule has 4 fully saturated rings. The third-order valence-electron chi connectivity index (χ3n) is 8.13. The third kappa shape index (κ3) is 6.82. The number of nitrogens with two attached hydrogens (primary N) is 1. The molecule has 4 aliphatic rings. The van der Waals surface area contributed by atoms with Gasteiger partial charge in [-0.3, -0.25) is 27.2 Å². The SMILES string of the molecule is CCOc1nc(N)nc2c1ncn2C1OC(COP(=O)(O)OC2CCC(OP3(=O)OCC4OCC(F)C4O3)CC2)CC1(C)C. The van der Waals surface area contributed by atoms with Crippen LogP contribution in [0, 0.1) is 5.41 Å². The molecule has 2 aromatic rings. The van der Waals surface area contributed by atoms with Crippen molar-refractivity contribution in [3.63, 3.8) is 0 Å². The van der Waals surface area contributed by atoms with Gasteiger partial charge in [-0.2, -0.15) is 9.97 Å². The van der Waals surface area contributed by atoms with Crippen molar-refractivity contribution in [3.05, 3.63) is 6.33 Å². The first-order valence-corrected chi connectivity index (χ1v) is 17.6. The zero-order valence-corrected chi connectivity index (χ0v) is 26.4. The van der Waals surface area contributed by atoms with Crippen LogP contribution in [0.25, 0.3) is 11.2 Å². The molecule has 6 rings (SSSR count). The fourth-order valence-corrected chi connectivity index (χ4v) is 8.74. The van der Waals surface area contributed by atoms with Gasteiger partial charge in [-0.15, -0.1) is 0 Å². The molecule has 0 bridgehead atoms. The van der Waals surface area contributed by atoms with E-state index in [0.29, 0.717) is 49.9 Å². The molecule has 3 aliphatic heterocycles. The lowest BCUT2D eigenvalue weighted by Gasteiger charge is -2.35. The van der Waals surface area contributed by atoms with Crippen LogP contribution in [0.5, 0.6) is 5.88 Å². The Balaban J connectivity index is 0.995. The number of nitrogens with zero attached hydrogens (tertiary/aromatic N) is 4. The van der Waals surface area contributed by atoms with Crippen LogP contribution in [0.15, 0.2) is 6.33 Å². The van der Waals surface area contributed by atoms with E-state index in [1.54, 1.807) is 10.9 Å². The molecule has 1 saturated carbocycles. The lowest BCUT2D eigenvalue weighted by atomic mass is 9.87. The molecular weight excluding hydrogens is 627 g/mol. The first-order valence-electron chi connectivity index (χ1n) is 14.7. The Labute approximate surface area is 253 Å². The average Bonchev–Trinajstić information content (AvgIpc) is 3.62. The van der Waals surface area contributed by atoms with Crippen molar-refractivity contribution in [1.29, 1.82) is 0 Å². The summed E-state index contributed by atoms with van der Waals surface area (Å²) in [7, 11) is -8.39. The van der Waals surface area contributed by atoms with E-state index in [9.17, 15) is 18.4 Å². The normalized spacial score (nSPS) is 36.7. The van der Waals surface area contributed by atoms with Gasteiger partial charge in [0.15, 0.2) is 17.3 Å².